The molecule has 3 aromatic heterocycles. The number of piperazine rings is 1. The van der Waals surface area contributed by atoms with Crippen molar-refractivity contribution in [3.63, 3.8) is 0 Å². The van der Waals surface area contributed by atoms with E-state index >= 15 is 0 Å². The van der Waals surface area contributed by atoms with Gasteiger partial charge in [-0.25, -0.2) is 9.97 Å². The molecule has 3 aliphatic rings. The molecule has 158 valence electrons. The van der Waals surface area contributed by atoms with E-state index in [9.17, 15) is 0 Å². The van der Waals surface area contributed by atoms with Crippen LogP contribution in [0.1, 0.15) is 25.7 Å². The Morgan fingerprint density at radius 1 is 1.06 bits per heavy atom. The number of pyridine rings is 2. The second-order valence-electron chi connectivity index (χ2n) is 9.05. The predicted molar refractivity (Wildman–Crippen MR) is 119 cm³/mol. The molecule has 31 heavy (non-hydrogen) atoms. The van der Waals surface area contributed by atoms with Crippen LogP contribution in [0.5, 0.6) is 5.88 Å². The fraction of sp³-hybridized carbons (Fsp3) is 0.458. The molecule has 0 spiro atoms. The molecular weight excluding hydrogens is 388 g/mol. The zero-order chi connectivity index (χ0) is 20.9. The average Bonchev–Trinajstić information content (AvgIpc) is 3.31. The topological polar surface area (TPSA) is 81.1 Å². The third-order valence-corrected chi connectivity index (χ3v) is 7.36. The number of rotatable bonds is 4. The molecule has 3 fully saturated rings. The number of ether oxygens (including phenoxy) is 1. The molecule has 1 aliphatic carbocycles. The monoisotopic (exact) mass is 414 g/mol. The highest BCUT2D eigenvalue weighted by atomic mass is 16.5. The molecule has 2 saturated heterocycles. The molecule has 0 radical (unpaired) electrons. The van der Waals surface area contributed by atoms with Crippen LogP contribution in [0.3, 0.4) is 0 Å². The normalized spacial score (nSPS) is 27.8. The smallest absolute Gasteiger partial charge is 0.213 e. The van der Waals surface area contributed by atoms with Gasteiger partial charge in [0.1, 0.15) is 5.65 Å². The van der Waals surface area contributed by atoms with Gasteiger partial charge in [-0.2, -0.15) is 5.26 Å². The van der Waals surface area contributed by atoms with Gasteiger partial charge in [-0.3, -0.25) is 4.90 Å². The van der Waals surface area contributed by atoms with Crippen LogP contribution in [-0.4, -0.2) is 58.2 Å². The van der Waals surface area contributed by atoms with Crippen molar-refractivity contribution in [3.05, 3.63) is 36.7 Å². The lowest BCUT2D eigenvalue weighted by atomic mass is 9.79. The largest absolute Gasteiger partial charge is 0.481 e. The molecule has 7 heteroatoms. The Morgan fingerprint density at radius 3 is 2.58 bits per heavy atom. The van der Waals surface area contributed by atoms with Gasteiger partial charge in [-0.1, -0.05) is 0 Å². The van der Waals surface area contributed by atoms with E-state index < -0.39 is 0 Å². The van der Waals surface area contributed by atoms with Crippen LogP contribution in [0.15, 0.2) is 36.7 Å². The van der Waals surface area contributed by atoms with Crippen molar-refractivity contribution < 1.29 is 4.74 Å². The van der Waals surface area contributed by atoms with Crippen molar-refractivity contribution in [1.29, 1.82) is 5.26 Å². The quantitative estimate of drug-likeness (QED) is 0.703. The van der Waals surface area contributed by atoms with Gasteiger partial charge >= 0.3 is 0 Å². The second kappa shape index (κ2) is 7.24. The molecule has 2 aliphatic heterocycles. The fourth-order valence-corrected chi connectivity index (χ4v) is 5.80. The number of aromatic amines is 1. The maximum absolute atomic E-state index is 9.16. The highest BCUT2D eigenvalue weighted by molar-refractivity contribution is 5.94. The number of nitrogens with one attached hydrogen (secondary N) is 1. The molecule has 6 rings (SSSR count). The van der Waals surface area contributed by atoms with Gasteiger partial charge in [-0.15, -0.1) is 0 Å². The number of fused-ring (bicyclic) bond motifs is 3. The van der Waals surface area contributed by atoms with E-state index in [2.05, 4.69) is 43.0 Å². The minimum Gasteiger partial charge on any atom is -0.481 e. The second-order valence-corrected chi connectivity index (χ2v) is 9.05. The minimum atomic E-state index is 0.271. The van der Waals surface area contributed by atoms with E-state index in [-0.39, 0.29) is 5.92 Å². The number of nitrogens with zero attached hydrogens (tertiary/aromatic N) is 5. The molecular formula is C24H26N6O. The van der Waals surface area contributed by atoms with Gasteiger partial charge in [-0.05, 0) is 43.9 Å². The van der Waals surface area contributed by atoms with Gasteiger partial charge in [0.05, 0.1) is 13.2 Å². The first-order valence-electron chi connectivity index (χ1n) is 11.1. The van der Waals surface area contributed by atoms with Crippen molar-refractivity contribution in [2.24, 2.45) is 5.92 Å². The van der Waals surface area contributed by atoms with Crippen molar-refractivity contribution in [3.8, 4) is 23.2 Å². The highest BCUT2D eigenvalue weighted by Gasteiger charge is 2.47. The minimum absolute atomic E-state index is 0.271. The Balaban J connectivity index is 1.28. The lowest BCUT2D eigenvalue weighted by Crippen LogP contribution is -2.60. The summed E-state index contributed by atoms with van der Waals surface area (Å²) >= 11 is 0. The molecule has 0 amide bonds. The summed E-state index contributed by atoms with van der Waals surface area (Å²) in [4.78, 5) is 17.6. The van der Waals surface area contributed by atoms with Gasteiger partial charge < -0.3 is 14.6 Å². The standard InChI is InChI=1S/C24H26N6O/c1-31-23-10-16(4-6-26-23)21-11-20-22(5-7-27-24(20)28-21)29-13-17-2-3-18(14-29)30(17)19-8-15(9-19)12-25/h4-7,10-11,15,17-19H,2-3,8-9,13-14H2,1H3,(H,27,28)/t15?,17-,18?,19?/m0/s1. The number of H-pyrrole nitrogens is 1. The van der Waals surface area contributed by atoms with Gasteiger partial charge in [0.2, 0.25) is 5.88 Å². The third-order valence-electron chi connectivity index (χ3n) is 7.36. The number of nitriles is 1. The SMILES string of the molecule is COc1cc(-c2cc3c(N4CC5CC[C@@H](C4)N5C4CC(C#N)C4)ccnc3[nH]2)ccn1. The van der Waals surface area contributed by atoms with Crippen LogP contribution in [0.2, 0.25) is 0 Å². The van der Waals surface area contributed by atoms with Crippen LogP contribution in [-0.2, 0) is 0 Å². The van der Waals surface area contributed by atoms with Crippen LogP contribution in [0.25, 0.3) is 22.3 Å². The molecule has 7 nitrogen and oxygen atoms in total. The van der Waals surface area contributed by atoms with E-state index in [1.165, 1.54) is 18.5 Å². The first-order valence-corrected chi connectivity index (χ1v) is 11.1. The maximum atomic E-state index is 9.16. The van der Waals surface area contributed by atoms with Crippen molar-refractivity contribution in [1.82, 2.24) is 19.9 Å². The summed E-state index contributed by atoms with van der Waals surface area (Å²) in [5.74, 6) is 0.874. The summed E-state index contributed by atoms with van der Waals surface area (Å²) in [6.45, 7) is 2.10. The van der Waals surface area contributed by atoms with Crippen molar-refractivity contribution in [2.45, 2.75) is 43.8 Å². The summed E-state index contributed by atoms with van der Waals surface area (Å²) in [6.07, 6.45) is 8.31. The zero-order valence-electron chi connectivity index (χ0n) is 17.7. The molecule has 1 N–H and O–H groups in total. The third kappa shape index (κ3) is 3.05. The number of hydrogen-bond acceptors (Lipinski definition) is 6. The summed E-state index contributed by atoms with van der Waals surface area (Å²) < 4.78 is 5.29. The van der Waals surface area contributed by atoms with Crippen LogP contribution in [0, 0.1) is 17.2 Å². The van der Waals surface area contributed by atoms with Gasteiger partial charge in [0.25, 0.3) is 0 Å². The Kier molecular flexibility index (Phi) is 4.35. The highest BCUT2D eigenvalue weighted by Crippen LogP contribution is 2.42. The lowest BCUT2D eigenvalue weighted by Gasteiger charge is -2.49. The van der Waals surface area contributed by atoms with E-state index in [4.69, 9.17) is 10.00 Å². The van der Waals surface area contributed by atoms with Gasteiger partial charge in [0, 0.05) is 77.9 Å². The Bertz CT molecular complexity index is 1150. The summed E-state index contributed by atoms with van der Waals surface area (Å²) in [5, 5.41) is 10.3. The first kappa shape index (κ1) is 18.6. The van der Waals surface area contributed by atoms with Crippen LogP contribution in [0.4, 0.5) is 5.69 Å². The van der Waals surface area contributed by atoms with E-state index in [1.54, 1.807) is 13.3 Å². The number of methoxy groups -OCH3 is 1. The summed E-state index contributed by atoms with van der Waals surface area (Å²) in [5.41, 5.74) is 4.23. The average molecular weight is 415 g/mol. The first-order chi connectivity index (χ1) is 15.2. The van der Waals surface area contributed by atoms with E-state index in [0.717, 1.165) is 48.2 Å². The lowest BCUT2D eigenvalue weighted by molar-refractivity contribution is 0.0439. The zero-order valence-corrected chi connectivity index (χ0v) is 17.7. The Hall–Kier alpha value is -3.11. The summed E-state index contributed by atoms with van der Waals surface area (Å²) in [7, 11) is 1.63. The molecule has 2 atom stereocenters. The van der Waals surface area contributed by atoms with E-state index in [1.807, 2.05) is 18.3 Å². The molecule has 1 saturated carbocycles. The molecule has 1 unspecified atom stereocenters. The number of hydrogen-bond donors (Lipinski definition) is 1. The van der Waals surface area contributed by atoms with E-state index in [0.29, 0.717) is 24.0 Å². The molecule has 3 aromatic rings. The Labute approximate surface area is 181 Å². The van der Waals surface area contributed by atoms with Crippen LogP contribution >= 0.6 is 0 Å². The molecule has 2 bridgehead atoms. The predicted octanol–water partition coefficient (Wildman–Crippen LogP) is 3.59. The molecule has 0 aromatic carbocycles. The fourth-order valence-electron chi connectivity index (χ4n) is 5.80. The van der Waals surface area contributed by atoms with Crippen molar-refractivity contribution in [2.75, 3.05) is 25.1 Å². The van der Waals surface area contributed by atoms with Crippen molar-refractivity contribution >= 4 is 16.7 Å². The number of aromatic nitrogens is 3. The number of anilines is 1. The summed E-state index contributed by atoms with van der Waals surface area (Å²) in [6, 6.07) is 12.5. The molecule has 5 heterocycles. The maximum Gasteiger partial charge on any atom is 0.213 e. The Morgan fingerprint density at radius 2 is 1.84 bits per heavy atom. The van der Waals surface area contributed by atoms with Gasteiger partial charge in [0.15, 0.2) is 0 Å². The van der Waals surface area contributed by atoms with Crippen LogP contribution < -0.4 is 9.64 Å².